The molecule has 1 N–H and O–H groups in total. The first-order chi connectivity index (χ1) is 12.1. The van der Waals surface area contributed by atoms with Gasteiger partial charge >= 0.3 is 0 Å². The molecule has 0 unspecified atom stereocenters. The molecule has 0 bridgehead atoms. The Balaban J connectivity index is 1.56. The predicted octanol–water partition coefficient (Wildman–Crippen LogP) is 4.06. The van der Waals surface area contributed by atoms with E-state index in [1.54, 1.807) is 6.92 Å². The Morgan fingerprint density at radius 2 is 2.08 bits per heavy atom. The van der Waals surface area contributed by atoms with Gasteiger partial charge < -0.3 is 10.2 Å². The van der Waals surface area contributed by atoms with E-state index in [1.807, 2.05) is 30.0 Å². The van der Waals surface area contributed by atoms with Crippen LogP contribution in [0.2, 0.25) is 0 Å². The Morgan fingerprint density at radius 1 is 1.20 bits per heavy atom. The number of carbonyl (C=O) groups is 1. The van der Waals surface area contributed by atoms with Crippen molar-refractivity contribution in [3.05, 3.63) is 65.4 Å². The van der Waals surface area contributed by atoms with Gasteiger partial charge in [-0.05, 0) is 49.2 Å². The van der Waals surface area contributed by atoms with E-state index in [0.29, 0.717) is 0 Å². The maximum atomic E-state index is 11.7. The van der Waals surface area contributed by atoms with Crippen molar-refractivity contribution in [1.82, 2.24) is 4.98 Å². The molecule has 0 aliphatic carbocycles. The zero-order chi connectivity index (χ0) is 17.4. The van der Waals surface area contributed by atoms with Gasteiger partial charge in [0, 0.05) is 48.0 Å². The van der Waals surface area contributed by atoms with Crippen LogP contribution in [-0.4, -0.2) is 17.4 Å². The second-order valence-electron chi connectivity index (χ2n) is 6.56. The van der Waals surface area contributed by atoms with Gasteiger partial charge in [-0.2, -0.15) is 0 Å². The van der Waals surface area contributed by atoms with Gasteiger partial charge in [0.05, 0.1) is 5.52 Å². The Kier molecular flexibility index (Phi) is 3.88. The van der Waals surface area contributed by atoms with E-state index < -0.39 is 0 Å². The lowest BCUT2D eigenvalue weighted by molar-refractivity contribution is -0.116. The molecule has 2 heterocycles. The first kappa shape index (κ1) is 15.6. The molecule has 4 rings (SSSR count). The third-order valence-electron chi connectivity index (χ3n) is 4.78. The SMILES string of the molecule is CC(=O)N1CCc2c(NCc3ccc4nc(C)ccc4c3)cccc21. The topological polar surface area (TPSA) is 45.2 Å². The Hall–Kier alpha value is -2.88. The lowest BCUT2D eigenvalue weighted by atomic mass is 10.1. The van der Waals surface area contributed by atoms with E-state index in [0.717, 1.165) is 47.5 Å². The maximum absolute atomic E-state index is 11.7. The molecule has 2 aromatic carbocycles. The molecule has 1 aliphatic heterocycles. The van der Waals surface area contributed by atoms with E-state index >= 15 is 0 Å². The van der Waals surface area contributed by atoms with E-state index in [-0.39, 0.29) is 5.91 Å². The number of pyridine rings is 1. The highest BCUT2D eigenvalue weighted by atomic mass is 16.2. The first-order valence-corrected chi connectivity index (χ1v) is 8.62. The molecular weight excluding hydrogens is 310 g/mol. The monoisotopic (exact) mass is 331 g/mol. The van der Waals surface area contributed by atoms with E-state index in [2.05, 4.69) is 40.6 Å². The molecule has 4 heteroatoms. The summed E-state index contributed by atoms with van der Waals surface area (Å²) >= 11 is 0. The van der Waals surface area contributed by atoms with Gasteiger partial charge in [0.15, 0.2) is 0 Å². The van der Waals surface area contributed by atoms with E-state index in [1.165, 1.54) is 11.1 Å². The second-order valence-corrected chi connectivity index (χ2v) is 6.56. The molecular formula is C21H21N3O. The standard InChI is InChI=1S/C21H21N3O/c1-14-6-8-17-12-16(7-9-19(17)23-14)13-22-20-4-3-5-21-18(20)10-11-24(21)15(2)25/h3-9,12,22H,10-11,13H2,1-2H3. The van der Waals surface area contributed by atoms with Crippen molar-refractivity contribution in [1.29, 1.82) is 0 Å². The van der Waals surface area contributed by atoms with E-state index in [9.17, 15) is 4.79 Å². The van der Waals surface area contributed by atoms with Crippen LogP contribution in [0.15, 0.2) is 48.5 Å². The molecule has 1 amide bonds. The van der Waals surface area contributed by atoms with Crippen LogP contribution in [0, 0.1) is 6.92 Å². The first-order valence-electron chi connectivity index (χ1n) is 8.62. The fourth-order valence-corrected chi connectivity index (χ4v) is 3.51. The van der Waals surface area contributed by atoms with Gasteiger partial charge in [0.25, 0.3) is 0 Å². The third-order valence-corrected chi connectivity index (χ3v) is 4.78. The summed E-state index contributed by atoms with van der Waals surface area (Å²) < 4.78 is 0. The maximum Gasteiger partial charge on any atom is 0.223 e. The molecule has 0 fully saturated rings. The summed E-state index contributed by atoms with van der Waals surface area (Å²) in [5, 5.41) is 4.70. The number of carbonyl (C=O) groups excluding carboxylic acids is 1. The second kappa shape index (κ2) is 6.20. The number of benzene rings is 2. The van der Waals surface area contributed by atoms with Crippen molar-refractivity contribution >= 4 is 28.2 Å². The van der Waals surface area contributed by atoms with Gasteiger partial charge in [-0.25, -0.2) is 0 Å². The van der Waals surface area contributed by atoms with Crippen molar-refractivity contribution in [2.75, 3.05) is 16.8 Å². The van der Waals surface area contributed by atoms with Crippen LogP contribution >= 0.6 is 0 Å². The number of anilines is 2. The number of hydrogen-bond acceptors (Lipinski definition) is 3. The molecule has 1 aromatic heterocycles. The molecule has 4 nitrogen and oxygen atoms in total. The summed E-state index contributed by atoms with van der Waals surface area (Å²) in [5.74, 6) is 0.105. The van der Waals surface area contributed by atoms with Gasteiger partial charge in [-0.1, -0.05) is 18.2 Å². The number of nitrogens with one attached hydrogen (secondary N) is 1. The van der Waals surface area contributed by atoms with E-state index in [4.69, 9.17) is 0 Å². The summed E-state index contributed by atoms with van der Waals surface area (Å²) in [6.45, 7) is 5.15. The molecule has 0 saturated carbocycles. The van der Waals surface area contributed by atoms with Crippen molar-refractivity contribution < 1.29 is 4.79 Å². The highest BCUT2D eigenvalue weighted by Gasteiger charge is 2.23. The third kappa shape index (κ3) is 2.95. The minimum absolute atomic E-state index is 0.105. The number of amides is 1. The average molecular weight is 331 g/mol. The summed E-state index contributed by atoms with van der Waals surface area (Å²) in [4.78, 5) is 18.1. The fraction of sp³-hybridized carbons (Fsp3) is 0.238. The highest BCUT2D eigenvalue weighted by Crippen LogP contribution is 2.34. The molecule has 0 atom stereocenters. The summed E-state index contributed by atoms with van der Waals surface area (Å²) in [6, 6.07) is 16.7. The lowest BCUT2D eigenvalue weighted by Crippen LogP contribution is -2.25. The van der Waals surface area contributed by atoms with Gasteiger partial charge in [0.2, 0.25) is 5.91 Å². The number of fused-ring (bicyclic) bond motifs is 2. The highest BCUT2D eigenvalue weighted by molar-refractivity contribution is 5.95. The molecule has 0 radical (unpaired) electrons. The Bertz CT molecular complexity index is 965. The van der Waals surface area contributed by atoms with Crippen molar-refractivity contribution in [3.63, 3.8) is 0 Å². The van der Waals surface area contributed by atoms with Crippen LogP contribution < -0.4 is 10.2 Å². The number of aromatic nitrogens is 1. The van der Waals surface area contributed by atoms with Gasteiger partial charge in [-0.15, -0.1) is 0 Å². The number of rotatable bonds is 3. The molecule has 3 aromatic rings. The molecule has 0 spiro atoms. The number of hydrogen-bond donors (Lipinski definition) is 1. The minimum atomic E-state index is 0.105. The van der Waals surface area contributed by atoms with Crippen LogP contribution in [0.4, 0.5) is 11.4 Å². The molecule has 0 saturated heterocycles. The number of aryl methyl sites for hydroxylation is 1. The number of nitrogens with zero attached hydrogens (tertiary/aromatic N) is 2. The van der Waals surface area contributed by atoms with Crippen LogP contribution in [0.3, 0.4) is 0 Å². The minimum Gasteiger partial charge on any atom is -0.381 e. The van der Waals surface area contributed by atoms with Gasteiger partial charge in [-0.3, -0.25) is 9.78 Å². The predicted molar refractivity (Wildman–Crippen MR) is 102 cm³/mol. The summed E-state index contributed by atoms with van der Waals surface area (Å²) in [5.41, 5.74) is 6.67. The quantitative estimate of drug-likeness (QED) is 0.787. The molecule has 1 aliphatic rings. The van der Waals surface area contributed by atoms with Crippen LogP contribution in [0.25, 0.3) is 10.9 Å². The fourth-order valence-electron chi connectivity index (χ4n) is 3.51. The average Bonchev–Trinajstić information content (AvgIpc) is 3.04. The van der Waals surface area contributed by atoms with Crippen molar-refractivity contribution in [3.8, 4) is 0 Å². The zero-order valence-corrected chi connectivity index (χ0v) is 14.5. The van der Waals surface area contributed by atoms with Crippen LogP contribution in [0.1, 0.15) is 23.7 Å². The summed E-state index contributed by atoms with van der Waals surface area (Å²) in [7, 11) is 0. The largest absolute Gasteiger partial charge is 0.381 e. The summed E-state index contributed by atoms with van der Waals surface area (Å²) in [6.07, 6.45) is 0.902. The molecule has 126 valence electrons. The van der Waals surface area contributed by atoms with Crippen molar-refractivity contribution in [2.45, 2.75) is 26.8 Å². The Morgan fingerprint density at radius 3 is 2.92 bits per heavy atom. The molecule has 25 heavy (non-hydrogen) atoms. The smallest absolute Gasteiger partial charge is 0.223 e. The Labute approximate surface area is 147 Å². The normalized spacial score (nSPS) is 13.1. The van der Waals surface area contributed by atoms with Gasteiger partial charge in [0.1, 0.15) is 0 Å². The lowest BCUT2D eigenvalue weighted by Gasteiger charge is -2.16. The van der Waals surface area contributed by atoms with Crippen LogP contribution in [-0.2, 0) is 17.8 Å². The van der Waals surface area contributed by atoms with Crippen molar-refractivity contribution in [2.24, 2.45) is 0 Å². The zero-order valence-electron chi connectivity index (χ0n) is 14.5. The van der Waals surface area contributed by atoms with Crippen LogP contribution in [0.5, 0.6) is 0 Å².